The van der Waals surface area contributed by atoms with Crippen LogP contribution in [0.3, 0.4) is 0 Å². The van der Waals surface area contributed by atoms with E-state index in [1.165, 1.54) is 11.6 Å². The Morgan fingerprint density at radius 2 is 1.78 bits per heavy atom. The van der Waals surface area contributed by atoms with Gasteiger partial charge >= 0.3 is 0 Å². The van der Waals surface area contributed by atoms with Gasteiger partial charge in [0, 0.05) is 24.5 Å². The van der Waals surface area contributed by atoms with Crippen LogP contribution in [0.5, 0.6) is 0 Å². The van der Waals surface area contributed by atoms with Crippen LogP contribution in [0.4, 0.5) is 5.69 Å². The van der Waals surface area contributed by atoms with Crippen LogP contribution in [0, 0.1) is 0 Å². The molecule has 3 heteroatoms. The van der Waals surface area contributed by atoms with E-state index in [-0.39, 0.29) is 5.56 Å². The van der Waals surface area contributed by atoms with E-state index >= 15 is 0 Å². The number of anilines is 1. The van der Waals surface area contributed by atoms with E-state index in [0.29, 0.717) is 5.69 Å². The van der Waals surface area contributed by atoms with Crippen molar-refractivity contribution in [1.82, 2.24) is 4.57 Å². The molecule has 1 heterocycles. The summed E-state index contributed by atoms with van der Waals surface area (Å²) in [5.74, 6) is 0. The van der Waals surface area contributed by atoms with Crippen molar-refractivity contribution in [3.05, 3.63) is 64.6 Å². The molecule has 0 saturated heterocycles. The van der Waals surface area contributed by atoms with Crippen LogP contribution in [0.1, 0.15) is 18.4 Å². The summed E-state index contributed by atoms with van der Waals surface area (Å²) in [5.41, 5.74) is 7.66. The lowest BCUT2D eigenvalue weighted by atomic mass is 10.1. The first kappa shape index (κ1) is 12.4. The lowest BCUT2D eigenvalue weighted by Gasteiger charge is -2.06. The third-order valence-corrected chi connectivity index (χ3v) is 2.96. The Kier molecular flexibility index (Phi) is 4.18. The van der Waals surface area contributed by atoms with Gasteiger partial charge in [-0.05, 0) is 30.9 Å². The van der Waals surface area contributed by atoms with Gasteiger partial charge in [-0.25, -0.2) is 0 Å². The fourth-order valence-electron chi connectivity index (χ4n) is 1.98. The molecule has 0 aliphatic heterocycles. The predicted molar refractivity (Wildman–Crippen MR) is 74.5 cm³/mol. The smallest absolute Gasteiger partial charge is 0.250 e. The van der Waals surface area contributed by atoms with Crippen molar-refractivity contribution in [3.8, 4) is 0 Å². The van der Waals surface area contributed by atoms with Gasteiger partial charge in [0.15, 0.2) is 0 Å². The van der Waals surface area contributed by atoms with Gasteiger partial charge in [0.05, 0.1) is 0 Å². The first-order chi connectivity index (χ1) is 8.75. The predicted octanol–water partition coefficient (Wildman–Crippen LogP) is 2.45. The second-order valence-corrected chi connectivity index (χ2v) is 4.44. The molecule has 0 amide bonds. The molecule has 0 aliphatic carbocycles. The van der Waals surface area contributed by atoms with E-state index in [0.717, 1.165) is 25.8 Å². The van der Waals surface area contributed by atoms with Crippen molar-refractivity contribution in [3.63, 3.8) is 0 Å². The molecule has 2 rings (SSSR count). The molecule has 1 aromatic heterocycles. The number of pyridine rings is 1. The maximum Gasteiger partial charge on any atom is 0.250 e. The van der Waals surface area contributed by atoms with E-state index in [1.54, 1.807) is 16.8 Å². The van der Waals surface area contributed by atoms with Crippen LogP contribution in [-0.2, 0) is 13.0 Å². The number of rotatable bonds is 5. The Hall–Kier alpha value is -2.03. The highest BCUT2D eigenvalue weighted by atomic mass is 16.1. The number of unbranched alkanes of at least 4 members (excludes halogenated alkanes) is 1. The van der Waals surface area contributed by atoms with Crippen LogP contribution in [0.15, 0.2) is 53.5 Å². The van der Waals surface area contributed by atoms with Gasteiger partial charge < -0.3 is 10.3 Å². The summed E-state index contributed by atoms with van der Waals surface area (Å²) in [6.07, 6.45) is 4.83. The standard InChI is InChI=1S/C15H18N2O/c16-14-9-10-15(18)17(12-14)11-5-4-8-13-6-2-1-3-7-13/h1-3,6-7,9-10,12H,4-5,8,11,16H2. The molecule has 0 atom stereocenters. The number of nitrogen functional groups attached to an aromatic ring is 1. The Morgan fingerprint density at radius 3 is 2.56 bits per heavy atom. The topological polar surface area (TPSA) is 48.0 Å². The minimum Gasteiger partial charge on any atom is -0.398 e. The van der Waals surface area contributed by atoms with Gasteiger partial charge in [0.25, 0.3) is 5.56 Å². The summed E-state index contributed by atoms with van der Waals surface area (Å²) in [5, 5.41) is 0. The van der Waals surface area contributed by atoms with Crippen molar-refractivity contribution < 1.29 is 0 Å². The molecule has 2 aromatic rings. The highest BCUT2D eigenvalue weighted by Crippen LogP contribution is 2.05. The number of aryl methyl sites for hydroxylation is 2. The van der Waals surface area contributed by atoms with E-state index in [2.05, 4.69) is 24.3 Å². The van der Waals surface area contributed by atoms with Crippen LogP contribution >= 0.6 is 0 Å². The second-order valence-electron chi connectivity index (χ2n) is 4.44. The second kappa shape index (κ2) is 6.05. The van der Waals surface area contributed by atoms with Gasteiger partial charge in [-0.15, -0.1) is 0 Å². The Labute approximate surface area is 107 Å². The number of nitrogens with two attached hydrogens (primary N) is 1. The molecule has 18 heavy (non-hydrogen) atoms. The molecular formula is C15H18N2O. The lowest BCUT2D eigenvalue weighted by Crippen LogP contribution is -2.18. The van der Waals surface area contributed by atoms with Crippen molar-refractivity contribution >= 4 is 5.69 Å². The average Bonchev–Trinajstić information content (AvgIpc) is 2.40. The fraction of sp³-hybridized carbons (Fsp3) is 0.267. The van der Waals surface area contributed by atoms with Crippen molar-refractivity contribution in [2.75, 3.05) is 5.73 Å². The minimum atomic E-state index is 0.0175. The maximum atomic E-state index is 11.5. The molecule has 0 bridgehead atoms. The van der Waals surface area contributed by atoms with Gasteiger partial charge in [-0.3, -0.25) is 4.79 Å². The van der Waals surface area contributed by atoms with Crippen molar-refractivity contribution in [2.45, 2.75) is 25.8 Å². The summed E-state index contributed by atoms with van der Waals surface area (Å²) < 4.78 is 1.68. The Morgan fingerprint density at radius 1 is 1.00 bits per heavy atom. The molecule has 0 aliphatic rings. The summed E-state index contributed by atoms with van der Waals surface area (Å²) >= 11 is 0. The zero-order valence-electron chi connectivity index (χ0n) is 10.4. The maximum absolute atomic E-state index is 11.5. The average molecular weight is 242 g/mol. The number of hydrogen-bond acceptors (Lipinski definition) is 2. The monoisotopic (exact) mass is 242 g/mol. The summed E-state index contributed by atoms with van der Waals surface area (Å²) in [6.45, 7) is 0.733. The van der Waals surface area contributed by atoms with Crippen molar-refractivity contribution in [1.29, 1.82) is 0 Å². The third kappa shape index (κ3) is 3.48. The zero-order valence-corrected chi connectivity index (χ0v) is 10.4. The van der Waals surface area contributed by atoms with Gasteiger partial charge in [-0.1, -0.05) is 30.3 Å². The SMILES string of the molecule is Nc1ccc(=O)n(CCCCc2ccccc2)c1. The molecule has 94 valence electrons. The molecular weight excluding hydrogens is 224 g/mol. The molecule has 1 aromatic carbocycles. The molecule has 0 saturated carbocycles. The van der Waals surface area contributed by atoms with E-state index in [4.69, 9.17) is 5.73 Å². The molecule has 0 fully saturated rings. The fourth-order valence-corrected chi connectivity index (χ4v) is 1.98. The number of aromatic nitrogens is 1. The van der Waals surface area contributed by atoms with Crippen LogP contribution < -0.4 is 11.3 Å². The first-order valence-corrected chi connectivity index (χ1v) is 6.25. The van der Waals surface area contributed by atoms with Gasteiger partial charge in [0.1, 0.15) is 0 Å². The van der Waals surface area contributed by atoms with Gasteiger partial charge in [-0.2, -0.15) is 0 Å². The quantitative estimate of drug-likeness (QED) is 0.819. The first-order valence-electron chi connectivity index (χ1n) is 6.25. The highest BCUT2D eigenvalue weighted by molar-refractivity contribution is 5.33. The number of nitrogens with zero attached hydrogens (tertiary/aromatic N) is 1. The Balaban J connectivity index is 1.82. The summed E-state index contributed by atoms with van der Waals surface area (Å²) in [6, 6.07) is 13.6. The number of benzene rings is 1. The largest absolute Gasteiger partial charge is 0.398 e. The summed E-state index contributed by atoms with van der Waals surface area (Å²) in [4.78, 5) is 11.5. The summed E-state index contributed by atoms with van der Waals surface area (Å²) in [7, 11) is 0. The Bertz CT molecular complexity index is 546. The molecule has 0 spiro atoms. The van der Waals surface area contributed by atoms with E-state index < -0.39 is 0 Å². The van der Waals surface area contributed by atoms with Gasteiger partial charge in [0.2, 0.25) is 0 Å². The van der Waals surface area contributed by atoms with Crippen LogP contribution in [-0.4, -0.2) is 4.57 Å². The minimum absolute atomic E-state index is 0.0175. The molecule has 0 unspecified atom stereocenters. The lowest BCUT2D eigenvalue weighted by molar-refractivity contribution is 0.594. The molecule has 3 nitrogen and oxygen atoms in total. The normalized spacial score (nSPS) is 10.4. The molecule has 2 N–H and O–H groups in total. The third-order valence-electron chi connectivity index (χ3n) is 2.96. The number of hydrogen-bond donors (Lipinski definition) is 1. The van der Waals surface area contributed by atoms with Crippen LogP contribution in [0.2, 0.25) is 0 Å². The highest BCUT2D eigenvalue weighted by Gasteiger charge is 1.97. The molecule has 0 radical (unpaired) electrons. The van der Waals surface area contributed by atoms with Crippen LogP contribution in [0.25, 0.3) is 0 Å². The van der Waals surface area contributed by atoms with E-state index in [1.807, 2.05) is 6.07 Å². The van der Waals surface area contributed by atoms with E-state index in [9.17, 15) is 4.79 Å². The van der Waals surface area contributed by atoms with Crippen molar-refractivity contribution in [2.24, 2.45) is 0 Å². The zero-order chi connectivity index (χ0) is 12.8.